The molecule has 0 N–H and O–H groups in total. The van der Waals surface area contributed by atoms with E-state index in [-0.39, 0.29) is 5.92 Å². The minimum Gasteiger partial charge on any atom is -0.287 e. The summed E-state index contributed by atoms with van der Waals surface area (Å²) in [6.45, 7) is 8.32. The average Bonchev–Trinajstić information content (AvgIpc) is 1.98. The number of carbonyl (C=O) groups is 1. The summed E-state index contributed by atoms with van der Waals surface area (Å²) < 4.78 is 0. The Morgan fingerprint density at radius 2 is 1.91 bits per heavy atom. The molecule has 0 rings (SSSR count). The Bertz CT molecular complexity index is 121. The highest BCUT2D eigenvalue weighted by atomic mass is 32.2. The highest BCUT2D eigenvalue weighted by molar-refractivity contribution is 8.13. The Kier molecular flexibility index (Phi) is 5.65. The predicted octanol–water partition coefficient (Wildman–Crippen LogP) is 2.95. The molecule has 0 fully saturated rings. The molecule has 0 aromatic carbocycles. The summed E-state index contributed by atoms with van der Waals surface area (Å²) in [5.74, 6) is 1.81. The van der Waals surface area contributed by atoms with E-state index < -0.39 is 0 Å². The van der Waals surface area contributed by atoms with Gasteiger partial charge in [0.2, 0.25) is 0 Å². The van der Waals surface area contributed by atoms with Crippen molar-refractivity contribution in [2.24, 2.45) is 11.8 Å². The second kappa shape index (κ2) is 5.64. The normalized spacial score (nSPS) is 13.5. The van der Waals surface area contributed by atoms with Crippen LogP contribution in [0.3, 0.4) is 0 Å². The van der Waals surface area contributed by atoms with Crippen molar-refractivity contribution in [1.29, 1.82) is 0 Å². The minimum absolute atomic E-state index is 0.235. The third-order valence-corrected chi connectivity index (χ3v) is 3.09. The van der Waals surface area contributed by atoms with Crippen LogP contribution < -0.4 is 0 Å². The van der Waals surface area contributed by atoms with Crippen LogP contribution in [0.25, 0.3) is 0 Å². The zero-order valence-electron chi connectivity index (χ0n) is 7.89. The topological polar surface area (TPSA) is 17.1 Å². The van der Waals surface area contributed by atoms with Gasteiger partial charge >= 0.3 is 0 Å². The van der Waals surface area contributed by atoms with Crippen LogP contribution in [0.5, 0.6) is 0 Å². The maximum atomic E-state index is 11.2. The summed E-state index contributed by atoms with van der Waals surface area (Å²) in [6, 6.07) is 0. The Balaban J connectivity index is 3.52. The van der Waals surface area contributed by atoms with Gasteiger partial charge in [0.25, 0.3) is 0 Å². The fourth-order valence-electron chi connectivity index (χ4n) is 0.558. The van der Waals surface area contributed by atoms with Gasteiger partial charge in [0.05, 0.1) is 0 Å². The molecule has 0 radical (unpaired) electrons. The molecule has 0 aliphatic heterocycles. The largest absolute Gasteiger partial charge is 0.287 e. The number of thioether (sulfide) groups is 1. The van der Waals surface area contributed by atoms with E-state index in [4.69, 9.17) is 0 Å². The van der Waals surface area contributed by atoms with Crippen molar-refractivity contribution in [1.82, 2.24) is 0 Å². The van der Waals surface area contributed by atoms with Gasteiger partial charge in [-0.3, -0.25) is 4.79 Å². The van der Waals surface area contributed by atoms with Crippen LogP contribution in [-0.4, -0.2) is 10.9 Å². The van der Waals surface area contributed by atoms with Crippen molar-refractivity contribution in [2.75, 3.05) is 5.75 Å². The van der Waals surface area contributed by atoms with Crippen LogP contribution in [0, 0.1) is 11.8 Å². The molecule has 0 spiro atoms. The summed E-state index contributed by atoms with van der Waals surface area (Å²) in [5, 5.41) is 0.348. The minimum atomic E-state index is 0.235. The van der Waals surface area contributed by atoms with Crippen LogP contribution in [0.1, 0.15) is 34.1 Å². The van der Waals surface area contributed by atoms with Gasteiger partial charge in [-0.1, -0.05) is 39.5 Å². The average molecular weight is 174 g/mol. The SMILES string of the molecule is CC[C@H](C)C(=O)SCC(C)C. The lowest BCUT2D eigenvalue weighted by atomic mass is 10.1. The molecule has 2 heteroatoms. The van der Waals surface area contributed by atoms with Gasteiger partial charge in [0.1, 0.15) is 0 Å². The Morgan fingerprint density at radius 1 is 1.36 bits per heavy atom. The molecular formula is C9H18OS. The molecule has 1 nitrogen and oxygen atoms in total. The van der Waals surface area contributed by atoms with Gasteiger partial charge in [-0.05, 0) is 12.3 Å². The third-order valence-electron chi connectivity index (χ3n) is 1.57. The zero-order valence-corrected chi connectivity index (χ0v) is 8.70. The van der Waals surface area contributed by atoms with Crippen molar-refractivity contribution in [3.8, 4) is 0 Å². The van der Waals surface area contributed by atoms with Crippen LogP contribution in [-0.2, 0) is 4.79 Å². The van der Waals surface area contributed by atoms with E-state index in [1.807, 2.05) is 6.92 Å². The molecule has 0 aliphatic rings. The summed E-state index contributed by atoms with van der Waals surface area (Å²) in [6.07, 6.45) is 0.962. The van der Waals surface area contributed by atoms with E-state index in [9.17, 15) is 4.79 Å². The van der Waals surface area contributed by atoms with Crippen LogP contribution >= 0.6 is 11.8 Å². The first kappa shape index (κ1) is 11.0. The highest BCUT2D eigenvalue weighted by Crippen LogP contribution is 2.16. The van der Waals surface area contributed by atoms with E-state index in [1.54, 1.807) is 0 Å². The molecule has 1 atom stereocenters. The molecule has 0 bridgehead atoms. The smallest absolute Gasteiger partial charge is 0.191 e. The number of carbonyl (C=O) groups excluding carboxylic acids is 1. The predicted molar refractivity (Wildman–Crippen MR) is 51.8 cm³/mol. The molecule has 0 aromatic rings. The summed E-state index contributed by atoms with van der Waals surface area (Å²) in [5.41, 5.74) is 0. The quantitative estimate of drug-likeness (QED) is 0.652. The monoisotopic (exact) mass is 174 g/mol. The molecule has 0 unspecified atom stereocenters. The standard InChI is InChI=1S/C9H18OS/c1-5-8(4)9(10)11-6-7(2)3/h7-8H,5-6H2,1-4H3/t8-/m0/s1. The van der Waals surface area contributed by atoms with Crippen molar-refractivity contribution in [2.45, 2.75) is 34.1 Å². The third kappa shape index (κ3) is 5.31. The zero-order chi connectivity index (χ0) is 8.85. The van der Waals surface area contributed by atoms with Gasteiger partial charge in [-0.15, -0.1) is 0 Å². The fraction of sp³-hybridized carbons (Fsp3) is 0.889. The van der Waals surface area contributed by atoms with Crippen molar-refractivity contribution in [3.05, 3.63) is 0 Å². The second-order valence-corrected chi connectivity index (χ2v) is 4.36. The molecule has 0 aromatic heterocycles. The maximum absolute atomic E-state index is 11.2. The van der Waals surface area contributed by atoms with Gasteiger partial charge in [-0.2, -0.15) is 0 Å². The van der Waals surface area contributed by atoms with Gasteiger partial charge in [-0.25, -0.2) is 0 Å². The first-order valence-corrected chi connectivity index (χ1v) is 5.23. The molecule has 0 amide bonds. The fourth-order valence-corrected chi connectivity index (χ4v) is 1.51. The Hall–Kier alpha value is 0.0200. The Morgan fingerprint density at radius 3 is 2.27 bits per heavy atom. The van der Waals surface area contributed by atoms with Crippen molar-refractivity contribution >= 4 is 16.9 Å². The van der Waals surface area contributed by atoms with Gasteiger partial charge in [0.15, 0.2) is 5.12 Å². The van der Waals surface area contributed by atoms with Crippen molar-refractivity contribution in [3.63, 3.8) is 0 Å². The number of rotatable bonds is 4. The molecule has 66 valence electrons. The van der Waals surface area contributed by atoms with Crippen LogP contribution in [0.4, 0.5) is 0 Å². The van der Waals surface area contributed by atoms with E-state index in [0.717, 1.165) is 12.2 Å². The highest BCUT2D eigenvalue weighted by Gasteiger charge is 2.10. The molecule has 0 aliphatic carbocycles. The molecule has 0 saturated carbocycles. The molecular weight excluding hydrogens is 156 g/mol. The summed E-state index contributed by atoms with van der Waals surface area (Å²) in [7, 11) is 0. The second-order valence-electron chi connectivity index (χ2n) is 3.33. The number of hydrogen-bond acceptors (Lipinski definition) is 2. The van der Waals surface area contributed by atoms with Crippen LogP contribution in [0.15, 0.2) is 0 Å². The lowest BCUT2D eigenvalue weighted by molar-refractivity contribution is -0.114. The number of hydrogen-bond donors (Lipinski definition) is 0. The molecule has 0 saturated heterocycles. The van der Waals surface area contributed by atoms with Gasteiger partial charge < -0.3 is 0 Å². The van der Waals surface area contributed by atoms with E-state index >= 15 is 0 Å². The summed E-state index contributed by atoms with van der Waals surface area (Å²) in [4.78, 5) is 11.2. The van der Waals surface area contributed by atoms with Crippen LogP contribution in [0.2, 0.25) is 0 Å². The van der Waals surface area contributed by atoms with E-state index in [2.05, 4.69) is 20.8 Å². The maximum Gasteiger partial charge on any atom is 0.191 e. The Labute approximate surface area is 73.9 Å². The lowest BCUT2D eigenvalue weighted by Crippen LogP contribution is -2.07. The van der Waals surface area contributed by atoms with Crippen molar-refractivity contribution < 1.29 is 4.79 Å². The van der Waals surface area contributed by atoms with Gasteiger partial charge in [0, 0.05) is 11.7 Å². The first-order chi connectivity index (χ1) is 5.07. The summed E-state index contributed by atoms with van der Waals surface area (Å²) >= 11 is 1.48. The lowest BCUT2D eigenvalue weighted by Gasteiger charge is -2.07. The first-order valence-electron chi connectivity index (χ1n) is 4.24. The molecule has 0 heterocycles. The molecule has 11 heavy (non-hydrogen) atoms. The van der Waals surface area contributed by atoms with E-state index in [0.29, 0.717) is 11.0 Å². The van der Waals surface area contributed by atoms with E-state index in [1.165, 1.54) is 11.8 Å².